The molecule has 9 nitrogen and oxygen atoms in total. The van der Waals surface area contributed by atoms with Gasteiger partial charge in [-0.1, -0.05) is 60.7 Å². The number of ether oxygens (including phenoxy) is 1. The van der Waals surface area contributed by atoms with E-state index in [1.807, 2.05) is 0 Å². The molecule has 1 saturated carbocycles. The molecule has 0 saturated heterocycles. The molecule has 0 spiro atoms. The Morgan fingerprint density at radius 3 is 2.25 bits per heavy atom. The van der Waals surface area contributed by atoms with Gasteiger partial charge in [0.1, 0.15) is 6.04 Å². The number of rotatable bonds is 17. The highest BCUT2D eigenvalue weighted by molar-refractivity contribution is 7.89. The van der Waals surface area contributed by atoms with E-state index in [9.17, 15) is 31.9 Å². The maximum Gasteiger partial charge on any atom is 0.407 e. The second-order valence-corrected chi connectivity index (χ2v) is 15.6. The fraction of sp³-hybridized carbons (Fsp3) is 0.417. The van der Waals surface area contributed by atoms with Gasteiger partial charge in [-0.2, -0.15) is 4.31 Å². The zero-order valence-electron chi connectivity index (χ0n) is 27.8. The molecule has 274 valence electrons. The number of hydrogen-bond acceptors (Lipinski definition) is 8. The number of aliphatic hydroxyl groups excluding tert-OH is 1. The van der Waals surface area contributed by atoms with Crippen molar-refractivity contribution in [3.8, 4) is 0 Å². The SMILES string of the molecule is COC(=O)N[C@H](C(=O)CCCC(F)(F)C[C@@H](CO)N(CC1CC(F)(F)C1)S(=O)(=O)c1ccc2ncsc2c1)C(c1ccccc1)c1ccccc1. The summed E-state index contributed by atoms with van der Waals surface area (Å²) in [5.74, 6) is -8.52. The third kappa shape index (κ3) is 9.50. The molecule has 1 aliphatic rings. The van der Waals surface area contributed by atoms with Crippen molar-refractivity contribution in [1.29, 1.82) is 0 Å². The minimum absolute atomic E-state index is 0.228. The Morgan fingerprint density at radius 1 is 1.06 bits per heavy atom. The number of thiazole rings is 1. The fourth-order valence-electron chi connectivity index (χ4n) is 6.56. The van der Waals surface area contributed by atoms with Crippen LogP contribution in [0.1, 0.15) is 55.6 Å². The van der Waals surface area contributed by atoms with Crippen molar-refractivity contribution in [1.82, 2.24) is 14.6 Å². The Bertz CT molecular complexity index is 1850. The third-order valence-corrected chi connectivity index (χ3v) is 11.8. The number of fused-ring (bicyclic) bond motifs is 1. The Labute approximate surface area is 297 Å². The highest BCUT2D eigenvalue weighted by Crippen LogP contribution is 2.44. The van der Waals surface area contributed by atoms with Crippen LogP contribution in [-0.2, 0) is 19.6 Å². The Balaban J connectivity index is 1.33. The summed E-state index contributed by atoms with van der Waals surface area (Å²) in [4.78, 5) is 30.0. The van der Waals surface area contributed by atoms with Crippen LogP contribution in [0.4, 0.5) is 22.4 Å². The van der Waals surface area contributed by atoms with Crippen molar-refractivity contribution in [3.63, 3.8) is 0 Å². The van der Waals surface area contributed by atoms with E-state index < -0.39 is 96.5 Å². The normalized spacial score (nSPS) is 16.2. The largest absolute Gasteiger partial charge is 0.453 e. The van der Waals surface area contributed by atoms with Gasteiger partial charge in [-0.3, -0.25) is 4.79 Å². The average Bonchev–Trinajstić information content (AvgIpc) is 3.57. The van der Waals surface area contributed by atoms with E-state index in [1.54, 1.807) is 60.7 Å². The van der Waals surface area contributed by atoms with E-state index >= 15 is 8.78 Å². The van der Waals surface area contributed by atoms with Gasteiger partial charge in [0.15, 0.2) is 5.78 Å². The third-order valence-electron chi connectivity index (χ3n) is 9.10. The molecule has 2 atom stereocenters. The van der Waals surface area contributed by atoms with Crippen LogP contribution in [-0.4, -0.2) is 78.9 Å². The monoisotopic (exact) mass is 749 g/mol. The lowest BCUT2D eigenvalue weighted by molar-refractivity contribution is -0.122. The average molecular weight is 750 g/mol. The summed E-state index contributed by atoms with van der Waals surface area (Å²) in [6, 6.07) is 19.2. The Morgan fingerprint density at radius 2 is 1.69 bits per heavy atom. The molecule has 1 amide bonds. The number of benzene rings is 3. The highest BCUT2D eigenvalue weighted by Gasteiger charge is 2.48. The molecule has 5 rings (SSSR count). The first-order valence-corrected chi connectivity index (χ1v) is 18.7. The minimum atomic E-state index is -4.52. The van der Waals surface area contributed by atoms with Crippen LogP contribution in [0.3, 0.4) is 0 Å². The van der Waals surface area contributed by atoms with E-state index in [0.717, 1.165) is 11.4 Å². The van der Waals surface area contributed by atoms with E-state index in [1.165, 1.54) is 35.0 Å². The second kappa shape index (κ2) is 16.2. The lowest BCUT2D eigenvalue weighted by Crippen LogP contribution is -2.51. The van der Waals surface area contributed by atoms with E-state index in [-0.39, 0.29) is 17.7 Å². The molecule has 51 heavy (non-hydrogen) atoms. The molecule has 15 heteroatoms. The summed E-state index contributed by atoms with van der Waals surface area (Å²) in [6.45, 7) is -1.46. The van der Waals surface area contributed by atoms with Crippen LogP contribution < -0.4 is 5.32 Å². The molecule has 1 heterocycles. The second-order valence-electron chi connectivity index (χ2n) is 12.8. The van der Waals surface area contributed by atoms with Gasteiger partial charge in [-0.05, 0) is 41.7 Å². The summed E-state index contributed by atoms with van der Waals surface area (Å²) in [7, 11) is -3.37. The number of nitrogens with one attached hydrogen (secondary N) is 1. The predicted octanol–water partition coefficient (Wildman–Crippen LogP) is 7.01. The van der Waals surface area contributed by atoms with Crippen molar-refractivity contribution in [2.24, 2.45) is 5.92 Å². The number of alkyl halides is 4. The first-order chi connectivity index (χ1) is 24.2. The molecular formula is C36H39F4N3O6S2. The minimum Gasteiger partial charge on any atom is -0.453 e. The van der Waals surface area contributed by atoms with Crippen molar-refractivity contribution in [2.45, 2.75) is 73.3 Å². The maximum atomic E-state index is 15.7. The molecule has 0 bridgehead atoms. The zero-order chi connectivity index (χ0) is 36.8. The molecule has 1 aliphatic carbocycles. The fourth-order valence-corrected chi connectivity index (χ4v) is 9.07. The highest BCUT2D eigenvalue weighted by atomic mass is 32.2. The summed E-state index contributed by atoms with van der Waals surface area (Å²) in [6.07, 6.45) is -4.72. The number of halogens is 4. The number of nitrogens with zero attached hydrogens (tertiary/aromatic N) is 2. The van der Waals surface area contributed by atoms with Crippen molar-refractivity contribution in [2.75, 3.05) is 20.3 Å². The first-order valence-electron chi connectivity index (χ1n) is 16.4. The molecule has 0 radical (unpaired) electrons. The lowest BCUT2D eigenvalue weighted by Gasteiger charge is -2.40. The molecule has 4 aromatic rings. The summed E-state index contributed by atoms with van der Waals surface area (Å²) >= 11 is 1.18. The van der Waals surface area contributed by atoms with Gasteiger partial charge >= 0.3 is 6.09 Å². The molecule has 1 aromatic heterocycles. The van der Waals surface area contributed by atoms with Crippen LogP contribution >= 0.6 is 11.3 Å². The molecule has 0 aliphatic heterocycles. The molecular weight excluding hydrogens is 711 g/mol. The van der Waals surface area contributed by atoms with Gasteiger partial charge in [-0.25, -0.2) is 35.8 Å². The number of hydrogen-bond donors (Lipinski definition) is 2. The van der Waals surface area contributed by atoms with Crippen LogP contribution in [0.5, 0.6) is 0 Å². The number of carbonyl (C=O) groups excluding carboxylic acids is 2. The van der Waals surface area contributed by atoms with Crippen molar-refractivity contribution < 1.29 is 45.4 Å². The van der Waals surface area contributed by atoms with Gasteiger partial charge in [0.05, 0.1) is 40.4 Å². The molecule has 1 fully saturated rings. The van der Waals surface area contributed by atoms with Crippen LogP contribution in [0.15, 0.2) is 89.3 Å². The summed E-state index contributed by atoms with van der Waals surface area (Å²) < 4.78 is 92.6. The van der Waals surface area contributed by atoms with Crippen LogP contribution in [0.25, 0.3) is 10.2 Å². The van der Waals surface area contributed by atoms with Gasteiger partial charge in [0.25, 0.3) is 0 Å². The van der Waals surface area contributed by atoms with Crippen LogP contribution in [0, 0.1) is 5.92 Å². The van der Waals surface area contributed by atoms with Gasteiger partial charge < -0.3 is 15.2 Å². The smallest absolute Gasteiger partial charge is 0.407 e. The standard InChI is InChI=1S/C36H39F4N3O6S2/c1-49-34(46)42-33(32(25-9-4-2-5-10-25)26-11-6-3-7-12-26)30(45)13-8-16-35(37,38)20-27(22-44)43(21-24-18-36(39,40)19-24)51(47,48)28-14-15-29-31(17-28)50-23-41-29/h2-7,9-12,14-15,17,23-24,27,32-33,44H,8,13,16,18-22H2,1H3,(H,42,46)/t27-,33+/m0/s1. The van der Waals surface area contributed by atoms with Gasteiger partial charge in [0, 0.05) is 44.6 Å². The van der Waals surface area contributed by atoms with E-state index in [4.69, 9.17) is 4.74 Å². The molecule has 3 aromatic carbocycles. The summed E-state index contributed by atoms with van der Waals surface area (Å²) in [5.41, 5.74) is 3.46. The number of ketones is 1. The van der Waals surface area contributed by atoms with Gasteiger partial charge in [-0.15, -0.1) is 11.3 Å². The maximum absolute atomic E-state index is 15.7. The number of Topliss-reactive ketones (excluding diaryl/α,β-unsaturated/α-hetero) is 1. The van der Waals surface area contributed by atoms with E-state index in [0.29, 0.717) is 21.3 Å². The number of sulfonamides is 1. The Kier molecular flexibility index (Phi) is 12.2. The van der Waals surface area contributed by atoms with Crippen LogP contribution in [0.2, 0.25) is 0 Å². The van der Waals surface area contributed by atoms with Crippen molar-refractivity contribution >= 4 is 43.5 Å². The van der Waals surface area contributed by atoms with E-state index in [2.05, 4.69) is 10.3 Å². The predicted molar refractivity (Wildman–Crippen MR) is 185 cm³/mol. The topological polar surface area (TPSA) is 126 Å². The quantitative estimate of drug-likeness (QED) is 0.111. The zero-order valence-corrected chi connectivity index (χ0v) is 29.4. The van der Waals surface area contributed by atoms with Crippen molar-refractivity contribution in [3.05, 3.63) is 95.5 Å². The van der Waals surface area contributed by atoms with Gasteiger partial charge in [0.2, 0.25) is 21.9 Å². The number of methoxy groups -OCH3 is 1. The Hall–Kier alpha value is -3.92. The number of aliphatic hydroxyl groups is 1. The number of alkyl carbamates (subject to hydrolysis) is 1. The first kappa shape index (κ1) is 38.3. The molecule has 2 N–H and O–H groups in total. The number of amides is 1. The number of carbonyl (C=O) groups is 2. The lowest BCUT2D eigenvalue weighted by atomic mass is 9.81. The number of aromatic nitrogens is 1. The molecule has 0 unspecified atom stereocenters. The summed E-state index contributed by atoms with van der Waals surface area (Å²) in [5, 5.41) is 12.9.